The Bertz CT molecular complexity index is 901. The number of rotatable bonds is 9. The van der Waals surface area contributed by atoms with Crippen molar-refractivity contribution in [2.45, 2.75) is 13.5 Å². The summed E-state index contributed by atoms with van der Waals surface area (Å²) in [5, 5.41) is 20.8. The number of carbonyl (C=O) groups excluding carboxylic acids is 1. The molecule has 0 aromatic heterocycles. The van der Waals surface area contributed by atoms with E-state index in [-0.39, 0.29) is 11.3 Å². The average Bonchev–Trinajstić information content (AvgIpc) is 2.70. The van der Waals surface area contributed by atoms with Gasteiger partial charge in [0, 0.05) is 6.54 Å². The van der Waals surface area contributed by atoms with Crippen LogP contribution in [0.5, 0.6) is 11.5 Å². The molecule has 2 N–H and O–H groups in total. The smallest absolute Gasteiger partial charge is 0.341 e. The van der Waals surface area contributed by atoms with Gasteiger partial charge in [-0.2, -0.15) is 5.26 Å². The molecule has 0 aliphatic carbocycles. The van der Waals surface area contributed by atoms with Crippen molar-refractivity contribution in [3.05, 3.63) is 65.2 Å². The van der Waals surface area contributed by atoms with Crippen molar-refractivity contribution in [3.63, 3.8) is 0 Å². The van der Waals surface area contributed by atoms with Crippen molar-refractivity contribution >= 4 is 18.0 Å². The van der Waals surface area contributed by atoms with Gasteiger partial charge in [0.2, 0.25) is 0 Å². The summed E-state index contributed by atoms with van der Waals surface area (Å²) >= 11 is 0. The number of carboxylic acid groups (broad SMARTS) is 1. The van der Waals surface area contributed by atoms with Crippen LogP contribution in [0.4, 0.5) is 0 Å². The topological polar surface area (TPSA) is 109 Å². The van der Waals surface area contributed by atoms with Gasteiger partial charge in [0.15, 0.2) is 18.1 Å². The molecule has 1 amide bonds. The molecular formula is C21H20N2O5. The van der Waals surface area contributed by atoms with E-state index in [9.17, 15) is 14.9 Å². The minimum Gasteiger partial charge on any atom is -0.490 e. The first-order chi connectivity index (χ1) is 13.5. The zero-order valence-electron chi connectivity index (χ0n) is 15.3. The number of benzene rings is 2. The maximum Gasteiger partial charge on any atom is 0.341 e. The third kappa shape index (κ3) is 6.18. The number of nitriles is 1. The minimum absolute atomic E-state index is 0.0578. The van der Waals surface area contributed by atoms with Crippen molar-refractivity contribution in [2.75, 3.05) is 13.2 Å². The third-order valence-electron chi connectivity index (χ3n) is 3.59. The van der Waals surface area contributed by atoms with Crippen molar-refractivity contribution in [1.82, 2.24) is 5.32 Å². The fourth-order valence-electron chi connectivity index (χ4n) is 2.33. The van der Waals surface area contributed by atoms with Crippen LogP contribution in [0.15, 0.2) is 54.1 Å². The van der Waals surface area contributed by atoms with Gasteiger partial charge in [-0.1, -0.05) is 36.4 Å². The number of carboxylic acids is 1. The zero-order valence-corrected chi connectivity index (χ0v) is 15.3. The molecule has 0 radical (unpaired) electrons. The van der Waals surface area contributed by atoms with E-state index in [1.165, 1.54) is 12.1 Å². The second kappa shape index (κ2) is 10.4. The second-order valence-corrected chi connectivity index (χ2v) is 5.66. The number of hydrogen-bond donors (Lipinski definition) is 2. The molecule has 0 saturated heterocycles. The number of hydrogen-bond acceptors (Lipinski definition) is 5. The summed E-state index contributed by atoms with van der Waals surface area (Å²) in [5.41, 5.74) is 1.42. The van der Waals surface area contributed by atoms with E-state index >= 15 is 0 Å². The Labute approximate surface area is 162 Å². The van der Waals surface area contributed by atoms with Gasteiger partial charge in [0.05, 0.1) is 6.61 Å². The highest BCUT2D eigenvalue weighted by molar-refractivity contribution is 6.01. The molecule has 144 valence electrons. The standard InChI is InChI=1S/C21H20N2O5/c1-2-27-19-11-16(8-9-18(19)28-14-20(24)25)10-17(12-22)21(26)23-13-15-6-4-3-5-7-15/h3-11H,2,13-14H2,1H3,(H,23,26)(H,24,25)/b17-10-. The van der Waals surface area contributed by atoms with Crippen LogP contribution in [0.1, 0.15) is 18.1 Å². The molecule has 28 heavy (non-hydrogen) atoms. The number of ether oxygens (including phenoxy) is 2. The van der Waals surface area contributed by atoms with E-state index in [0.29, 0.717) is 24.5 Å². The van der Waals surface area contributed by atoms with Crippen LogP contribution in [0.2, 0.25) is 0 Å². The summed E-state index contributed by atoms with van der Waals surface area (Å²) in [4.78, 5) is 23.0. The molecular weight excluding hydrogens is 360 g/mol. The predicted octanol–water partition coefficient (Wildman–Crippen LogP) is 2.77. The first kappa shape index (κ1) is 20.5. The fraction of sp³-hybridized carbons (Fsp3) is 0.190. The Balaban J connectivity index is 2.15. The van der Waals surface area contributed by atoms with Crippen molar-refractivity contribution in [2.24, 2.45) is 0 Å². The molecule has 0 aliphatic heterocycles. The molecule has 2 aromatic carbocycles. The molecule has 0 bridgehead atoms. The lowest BCUT2D eigenvalue weighted by molar-refractivity contribution is -0.139. The minimum atomic E-state index is -1.10. The van der Waals surface area contributed by atoms with E-state index in [1.54, 1.807) is 19.1 Å². The largest absolute Gasteiger partial charge is 0.490 e. The maximum absolute atomic E-state index is 12.3. The normalized spacial score (nSPS) is 10.6. The van der Waals surface area contributed by atoms with Gasteiger partial charge in [-0.05, 0) is 36.3 Å². The van der Waals surface area contributed by atoms with Gasteiger partial charge in [-0.25, -0.2) is 4.79 Å². The predicted molar refractivity (Wildman–Crippen MR) is 103 cm³/mol. The van der Waals surface area contributed by atoms with E-state index in [2.05, 4.69) is 5.32 Å². The quantitative estimate of drug-likeness (QED) is 0.511. The number of nitrogens with zero attached hydrogens (tertiary/aromatic N) is 1. The van der Waals surface area contributed by atoms with Gasteiger partial charge in [-0.15, -0.1) is 0 Å². The molecule has 0 unspecified atom stereocenters. The van der Waals surface area contributed by atoms with Crippen LogP contribution in [-0.4, -0.2) is 30.2 Å². The zero-order chi connectivity index (χ0) is 20.4. The molecule has 0 spiro atoms. The summed E-state index contributed by atoms with van der Waals surface area (Å²) in [6.07, 6.45) is 1.43. The Morgan fingerprint density at radius 3 is 2.54 bits per heavy atom. The monoisotopic (exact) mass is 380 g/mol. The molecule has 2 rings (SSSR count). The number of aliphatic carboxylic acids is 1. The summed E-state index contributed by atoms with van der Waals surface area (Å²) in [6.45, 7) is 1.94. The molecule has 0 fully saturated rings. The van der Waals surface area contributed by atoms with Gasteiger partial charge in [-0.3, -0.25) is 4.79 Å². The lowest BCUT2D eigenvalue weighted by atomic mass is 10.1. The first-order valence-corrected chi connectivity index (χ1v) is 8.58. The van der Waals surface area contributed by atoms with Crippen LogP contribution in [0.25, 0.3) is 6.08 Å². The molecule has 0 aliphatic rings. The molecule has 7 nitrogen and oxygen atoms in total. The highest BCUT2D eigenvalue weighted by Gasteiger charge is 2.11. The van der Waals surface area contributed by atoms with E-state index < -0.39 is 18.5 Å². The van der Waals surface area contributed by atoms with E-state index in [1.807, 2.05) is 36.4 Å². The Morgan fingerprint density at radius 2 is 1.89 bits per heavy atom. The van der Waals surface area contributed by atoms with Crippen LogP contribution in [0, 0.1) is 11.3 Å². The SMILES string of the molecule is CCOc1cc(/C=C(/C#N)C(=O)NCc2ccccc2)ccc1OCC(=O)O. The van der Waals surface area contributed by atoms with Crippen molar-refractivity contribution < 1.29 is 24.2 Å². The van der Waals surface area contributed by atoms with Crippen LogP contribution in [-0.2, 0) is 16.1 Å². The highest BCUT2D eigenvalue weighted by atomic mass is 16.5. The first-order valence-electron chi connectivity index (χ1n) is 8.58. The number of amides is 1. The highest BCUT2D eigenvalue weighted by Crippen LogP contribution is 2.29. The number of nitrogens with one attached hydrogen (secondary N) is 1. The van der Waals surface area contributed by atoms with Gasteiger partial charge in [0.1, 0.15) is 11.6 Å². The van der Waals surface area contributed by atoms with Gasteiger partial charge in [0.25, 0.3) is 5.91 Å². The van der Waals surface area contributed by atoms with Crippen LogP contribution < -0.4 is 14.8 Å². The molecule has 2 aromatic rings. The third-order valence-corrected chi connectivity index (χ3v) is 3.59. The molecule has 0 atom stereocenters. The number of carbonyl (C=O) groups is 2. The van der Waals surface area contributed by atoms with Crippen LogP contribution in [0.3, 0.4) is 0 Å². The van der Waals surface area contributed by atoms with Crippen molar-refractivity contribution in [1.29, 1.82) is 5.26 Å². The Morgan fingerprint density at radius 1 is 1.14 bits per heavy atom. The average molecular weight is 380 g/mol. The summed E-state index contributed by atoms with van der Waals surface area (Å²) in [6, 6.07) is 16.0. The summed E-state index contributed by atoms with van der Waals surface area (Å²) < 4.78 is 10.6. The lowest BCUT2D eigenvalue weighted by Gasteiger charge is -2.11. The second-order valence-electron chi connectivity index (χ2n) is 5.66. The van der Waals surface area contributed by atoms with Gasteiger partial charge < -0.3 is 19.9 Å². The fourth-order valence-corrected chi connectivity index (χ4v) is 2.33. The van der Waals surface area contributed by atoms with E-state index in [4.69, 9.17) is 14.6 Å². The molecule has 0 saturated carbocycles. The molecule has 7 heteroatoms. The van der Waals surface area contributed by atoms with Crippen LogP contribution >= 0.6 is 0 Å². The van der Waals surface area contributed by atoms with E-state index in [0.717, 1.165) is 5.56 Å². The Kier molecular flexibility index (Phi) is 7.61. The van der Waals surface area contributed by atoms with Gasteiger partial charge >= 0.3 is 5.97 Å². The van der Waals surface area contributed by atoms with Crippen molar-refractivity contribution in [3.8, 4) is 17.6 Å². The lowest BCUT2D eigenvalue weighted by Crippen LogP contribution is -2.23. The summed E-state index contributed by atoms with van der Waals surface area (Å²) in [5.74, 6) is -0.989. The summed E-state index contributed by atoms with van der Waals surface area (Å²) in [7, 11) is 0. The maximum atomic E-state index is 12.3. The Hall–Kier alpha value is -3.79. The molecule has 0 heterocycles.